The fourth-order valence-corrected chi connectivity index (χ4v) is 1.73. The smallest absolute Gasteiger partial charge is 0.336 e. The van der Waals surface area contributed by atoms with Gasteiger partial charge in [0.1, 0.15) is 11.3 Å². The molecule has 0 spiro atoms. The van der Waals surface area contributed by atoms with E-state index in [1.807, 2.05) is 18.2 Å². The lowest BCUT2D eigenvalue weighted by atomic mass is 10.0. The Kier molecular flexibility index (Phi) is 2.86. The van der Waals surface area contributed by atoms with Gasteiger partial charge in [-0.3, -0.25) is 4.79 Å². The first-order chi connectivity index (χ1) is 7.74. The standard InChI is InChI=1S/C13H11FO2/c1-2-16-11-8-7-9-5-3-4-6-10(9)12(11)13(14)15/h3-8H,2H2,1H3. The number of halogens is 1. The van der Waals surface area contributed by atoms with E-state index in [4.69, 9.17) is 4.74 Å². The summed E-state index contributed by atoms with van der Waals surface area (Å²) < 4.78 is 18.3. The molecule has 2 rings (SSSR count). The number of carbonyl (C=O) groups is 1. The second kappa shape index (κ2) is 4.31. The molecule has 0 atom stereocenters. The van der Waals surface area contributed by atoms with Crippen LogP contribution >= 0.6 is 0 Å². The first-order valence-electron chi connectivity index (χ1n) is 5.08. The van der Waals surface area contributed by atoms with Crippen LogP contribution in [0.4, 0.5) is 4.39 Å². The van der Waals surface area contributed by atoms with E-state index in [-0.39, 0.29) is 5.56 Å². The Morgan fingerprint density at radius 3 is 2.69 bits per heavy atom. The van der Waals surface area contributed by atoms with Crippen molar-refractivity contribution in [3.8, 4) is 5.75 Å². The van der Waals surface area contributed by atoms with Gasteiger partial charge < -0.3 is 4.74 Å². The first-order valence-corrected chi connectivity index (χ1v) is 5.08. The van der Waals surface area contributed by atoms with Crippen LogP contribution in [0, 0.1) is 0 Å². The fraction of sp³-hybridized carbons (Fsp3) is 0.154. The molecule has 0 saturated carbocycles. The maximum Gasteiger partial charge on any atom is 0.336 e. The highest BCUT2D eigenvalue weighted by Gasteiger charge is 2.15. The molecule has 0 radical (unpaired) electrons. The van der Waals surface area contributed by atoms with E-state index in [0.29, 0.717) is 17.7 Å². The SMILES string of the molecule is CCOc1ccc2ccccc2c1C(=O)F. The van der Waals surface area contributed by atoms with Crippen molar-refractivity contribution >= 4 is 16.8 Å². The largest absolute Gasteiger partial charge is 0.493 e. The van der Waals surface area contributed by atoms with Gasteiger partial charge in [0.25, 0.3) is 0 Å². The Morgan fingerprint density at radius 2 is 2.00 bits per heavy atom. The van der Waals surface area contributed by atoms with E-state index in [0.717, 1.165) is 5.39 Å². The van der Waals surface area contributed by atoms with Crippen molar-refractivity contribution in [1.29, 1.82) is 0 Å². The lowest BCUT2D eigenvalue weighted by Gasteiger charge is -2.09. The summed E-state index contributed by atoms with van der Waals surface area (Å²) in [7, 11) is 0. The maximum absolute atomic E-state index is 13.0. The summed E-state index contributed by atoms with van der Waals surface area (Å²) in [5.41, 5.74) is 0.0138. The van der Waals surface area contributed by atoms with Gasteiger partial charge in [0, 0.05) is 0 Å². The zero-order valence-corrected chi connectivity index (χ0v) is 8.87. The average Bonchev–Trinajstić information content (AvgIpc) is 2.28. The third kappa shape index (κ3) is 1.76. The highest BCUT2D eigenvalue weighted by Crippen LogP contribution is 2.28. The van der Waals surface area contributed by atoms with Gasteiger partial charge in [-0.25, -0.2) is 0 Å². The van der Waals surface area contributed by atoms with Crippen LogP contribution < -0.4 is 4.74 Å². The van der Waals surface area contributed by atoms with Gasteiger partial charge in [-0.2, -0.15) is 4.39 Å². The molecule has 0 aromatic heterocycles. The molecule has 16 heavy (non-hydrogen) atoms. The van der Waals surface area contributed by atoms with Gasteiger partial charge in [-0.1, -0.05) is 30.3 Å². The molecule has 3 heteroatoms. The monoisotopic (exact) mass is 218 g/mol. The summed E-state index contributed by atoms with van der Waals surface area (Å²) in [5.74, 6) is 0.300. The van der Waals surface area contributed by atoms with Crippen LogP contribution in [0.5, 0.6) is 5.75 Å². The molecule has 0 fully saturated rings. The number of hydrogen-bond donors (Lipinski definition) is 0. The second-order valence-electron chi connectivity index (χ2n) is 3.37. The van der Waals surface area contributed by atoms with Crippen molar-refractivity contribution in [2.45, 2.75) is 6.92 Å². The highest BCUT2D eigenvalue weighted by atomic mass is 19.1. The van der Waals surface area contributed by atoms with Gasteiger partial charge in [0.15, 0.2) is 0 Å². The van der Waals surface area contributed by atoms with Crippen LogP contribution in [0.1, 0.15) is 17.3 Å². The van der Waals surface area contributed by atoms with Gasteiger partial charge in [-0.15, -0.1) is 0 Å². The Bertz CT molecular complexity index is 534. The molecular weight excluding hydrogens is 207 g/mol. The van der Waals surface area contributed by atoms with Crippen molar-refractivity contribution in [1.82, 2.24) is 0 Å². The molecule has 0 aliphatic heterocycles. The van der Waals surface area contributed by atoms with Gasteiger partial charge in [0.2, 0.25) is 0 Å². The van der Waals surface area contributed by atoms with Crippen LogP contribution in [0.2, 0.25) is 0 Å². The number of hydrogen-bond acceptors (Lipinski definition) is 2. The molecule has 0 bridgehead atoms. The predicted octanol–water partition coefficient (Wildman–Crippen LogP) is 3.35. The molecule has 0 aliphatic rings. The molecule has 2 aromatic carbocycles. The lowest BCUT2D eigenvalue weighted by Crippen LogP contribution is -2.00. The van der Waals surface area contributed by atoms with Gasteiger partial charge in [-0.05, 0) is 23.8 Å². The van der Waals surface area contributed by atoms with Crippen molar-refractivity contribution < 1.29 is 13.9 Å². The maximum atomic E-state index is 13.0. The van der Waals surface area contributed by atoms with Crippen molar-refractivity contribution in [2.24, 2.45) is 0 Å². The molecule has 2 aromatic rings. The molecular formula is C13H11FO2. The Morgan fingerprint density at radius 1 is 1.25 bits per heavy atom. The normalized spacial score (nSPS) is 10.4. The first kappa shape index (κ1) is 10.6. The quantitative estimate of drug-likeness (QED) is 0.738. The molecule has 0 saturated heterocycles. The molecule has 0 unspecified atom stereocenters. The van der Waals surface area contributed by atoms with Crippen molar-refractivity contribution in [3.05, 3.63) is 42.0 Å². The molecule has 0 N–H and O–H groups in total. The van der Waals surface area contributed by atoms with E-state index >= 15 is 0 Å². The minimum absolute atomic E-state index is 0.0138. The van der Waals surface area contributed by atoms with E-state index in [9.17, 15) is 9.18 Å². The summed E-state index contributed by atoms with van der Waals surface area (Å²) in [5, 5.41) is 1.41. The van der Waals surface area contributed by atoms with Crippen LogP contribution in [0.15, 0.2) is 36.4 Å². The van der Waals surface area contributed by atoms with Crippen LogP contribution in [-0.4, -0.2) is 12.6 Å². The number of carbonyl (C=O) groups excluding carboxylic acids is 1. The predicted molar refractivity (Wildman–Crippen MR) is 60.6 cm³/mol. The Hall–Kier alpha value is -1.90. The topological polar surface area (TPSA) is 26.3 Å². The lowest BCUT2D eigenvalue weighted by molar-refractivity contribution is 0.0834. The summed E-state index contributed by atoms with van der Waals surface area (Å²) in [4.78, 5) is 11.0. The van der Waals surface area contributed by atoms with Crippen LogP contribution in [0.3, 0.4) is 0 Å². The van der Waals surface area contributed by atoms with Gasteiger partial charge >= 0.3 is 6.04 Å². The summed E-state index contributed by atoms with van der Waals surface area (Å²) in [6.45, 7) is 2.19. The minimum Gasteiger partial charge on any atom is -0.493 e. The molecule has 0 amide bonds. The van der Waals surface area contributed by atoms with E-state index < -0.39 is 6.04 Å². The summed E-state index contributed by atoms with van der Waals surface area (Å²) >= 11 is 0. The highest BCUT2D eigenvalue weighted by molar-refractivity contribution is 6.06. The molecule has 0 aliphatic carbocycles. The second-order valence-corrected chi connectivity index (χ2v) is 3.37. The minimum atomic E-state index is -1.46. The number of fused-ring (bicyclic) bond motifs is 1. The molecule has 2 nitrogen and oxygen atoms in total. The van der Waals surface area contributed by atoms with E-state index in [1.165, 1.54) is 0 Å². The third-order valence-corrected chi connectivity index (χ3v) is 2.39. The average molecular weight is 218 g/mol. The third-order valence-electron chi connectivity index (χ3n) is 2.39. The fourth-order valence-electron chi connectivity index (χ4n) is 1.73. The molecule has 82 valence electrons. The van der Waals surface area contributed by atoms with Crippen LogP contribution in [0.25, 0.3) is 10.8 Å². The summed E-state index contributed by atoms with van der Waals surface area (Å²) in [6, 6.07) is 9.13. The number of rotatable bonds is 3. The zero-order chi connectivity index (χ0) is 11.5. The molecule has 0 heterocycles. The van der Waals surface area contributed by atoms with E-state index in [1.54, 1.807) is 25.1 Å². The summed E-state index contributed by atoms with van der Waals surface area (Å²) in [6.07, 6.45) is 0. The zero-order valence-electron chi connectivity index (χ0n) is 8.87. The Balaban J connectivity index is 2.73. The van der Waals surface area contributed by atoms with Crippen molar-refractivity contribution in [2.75, 3.05) is 6.61 Å². The van der Waals surface area contributed by atoms with E-state index in [2.05, 4.69) is 0 Å². The number of ether oxygens (including phenoxy) is 1. The Labute approximate surface area is 92.6 Å². The van der Waals surface area contributed by atoms with Crippen LogP contribution in [-0.2, 0) is 0 Å². The number of benzene rings is 2. The van der Waals surface area contributed by atoms with Crippen molar-refractivity contribution in [3.63, 3.8) is 0 Å². The van der Waals surface area contributed by atoms with Gasteiger partial charge in [0.05, 0.1) is 6.61 Å².